The molecule has 0 unspecified atom stereocenters. The molecule has 1 aromatic heterocycles. The van der Waals surface area contributed by atoms with E-state index in [9.17, 15) is 4.79 Å². The van der Waals surface area contributed by atoms with Crippen molar-refractivity contribution in [3.8, 4) is 5.75 Å². The average molecular weight is 237 g/mol. The number of rotatable bonds is 2. The van der Waals surface area contributed by atoms with Crippen molar-refractivity contribution in [2.75, 3.05) is 0 Å². The van der Waals surface area contributed by atoms with Crippen LogP contribution < -0.4 is 4.74 Å². The standard InChI is InChI=1S/C10H7NO2S2/c12-10(15-9-11-6-7-14-9)13-8-4-2-1-3-5-8/h1-7H. The molecule has 0 radical (unpaired) electrons. The highest BCUT2D eigenvalue weighted by Gasteiger charge is 2.08. The zero-order chi connectivity index (χ0) is 10.5. The number of carbonyl (C=O) groups excluding carboxylic acids is 1. The van der Waals surface area contributed by atoms with E-state index in [-0.39, 0.29) is 5.30 Å². The third-order valence-corrected chi connectivity index (χ3v) is 3.16. The Morgan fingerprint density at radius 2 is 2.13 bits per heavy atom. The summed E-state index contributed by atoms with van der Waals surface area (Å²) in [6.45, 7) is 0. The summed E-state index contributed by atoms with van der Waals surface area (Å²) in [5.41, 5.74) is 0. The molecule has 1 aromatic carbocycles. The van der Waals surface area contributed by atoms with Crippen LogP contribution in [0.25, 0.3) is 0 Å². The van der Waals surface area contributed by atoms with Crippen LogP contribution in [0.2, 0.25) is 0 Å². The monoisotopic (exact) mass is 237 g/mol. The largest absolute Gasteiger partial charge is 0.418 e. The fourth-order valence-corrected chi connectivity index (χ4v) is 2.25. The van der Waals surface area contributed by atoms with Gasteiger partial charge < -0.3 is 4.74 Å². The van der Waals surface area contributed by atoms with Gasteiger partial charge in [0.2, 0.25) is 0 Å². The highest BCUT2D eigenvalue weighted by Crippen LogP contribution is 2.23. The minimum Gasteiger partial charge on any atom is -0.418 e. The van der Waals surface area contributed by atoms with E-state index in [1.807, 2.05) is 23.6 Å². The molecule has 0 spiro atoms. The van der Waals surface area contributed by atoms with Gasteiger partial charge in [-0.3, -0.25) is 0 Å². The molecule has 2 aromatic rings. The third kappa shape index (κ3) is 3.07. The molecule has 0 saturated heterocycles. The SMILES string of the molecule is O=C(Oc1ccccc1)Sc1nccs1. The van der Waals surface area contributed by atoms with Crippen LogP contribution in [-0.4, -0.2) is 10.3 Å². The van der Waals surface area contributed by atoms with Gasteiger partial charge in [-0.1, -0.05) is 18.2 Å². The van der Waals surface area contributed by atoms with E-state index >= 15 is 0 Å². The van der Waals surface area contributed by atoms with E-state index in [0.29, 0.717) is 10.1 Å². The summed E-state index contributed by atoms with van der Waals surface area (Å²) < 4.78 is 5.77. The van der Waals surface area contributed by atoms with Crippen molar-refractivity contribution in [3.63, 3.8) is 0 Å². The number of benzene rings is 1. The van der Waals surface area contributed by atoms with E-state index < -0.39 is 0 Å². The Morgan fingerprint density at radius 3 is 2.80 bits per heavy atom. The number of aromatic nitrogens is 1. The predicted octanol–water partition coefficient (Wildman–Crippen LogP) is 3.43. The fraction of sp³-hybridized carbons (Fsp3) is 0. The van der Waals surface area contributed by atoms with Gasteiger partial charge in [0.25, 0.3) is 0 Å². The molecular formula is C10H7NO2S2. The Morgan fingerprint density at radius 1 is 1.33 bits per heavy atom. The van der Waals surface area contributed by atoms with E-state index in [1.54, 1.807) is 18.3 Å². The van der Waals surface area contributed by atoms with Gasteiger partial charge in [-0.05, 0) is 12.1 Å². The number of thiazole rings is 1. The first-order valence-corrected chi connectivity index (χ1v) is 5.88. The molecule has 0 aliphatic rings. The summed E-state index contributed by atoms with van der Waals surface area (Å²) in [5.74, 6) is 0.548. The zero-order valence-corrected chi connectivity index (χ0v) is 9.25. The maximum Gasteiger partial charge on any atom is 0.379 e. The number of hydrogen-bond acceptors (Lipinski definition) is 5. The maximum atomic E-state index is 11.4. The van der Waals surface area contributed by atoms with Gasteiger partial charge in [-0.2, -0.15) is 0 Å². The molecule has 0 amide bonds. The van der Waals surface area contributed by atoms with Crippen molar-refractivity contribution in [1.29, 1.82) is 0 Å². The molecule has 0 saturated carbocycles. The molecule has 1 heterocycles. The first-order valence-electron chi connectivity index (χ1n) is 4.19. The van der Waals surface area contributed by atoms with Crippen LogP contribution >= 0.6 is 23.1 Å². The van der Waals surface area contributed by atoms with Gasteiger partial charge in [0.05, 0.1) is 0 Å². The summed E-state index contributed by atoms with van der Waals surface area (Å²) in [5, 5.41) is 1.45. The molecule has 3 nitrogen and oxygen atoms in total. The lowest BCUT2D eigenvalue weighted by molar-refractivity contribution is 0.227. The molecular weight excluding hydrogens is 230 g/mol. The number of carbonyl (C=O) groups is 1. The van der Waals surface area contributed by atoms with Crippen molar-refractivity contribution in [2.45, 2.75) is 4.34 Å². The van der Waals surface area contributed by atoms with Crippen LogP contribution in [0.5, 0.6) is 5.75 Å². The normalized spacial score (nSPS) is 9.87. The summed E-state index contributed by atoms with van der Waals surface area (Å²) in [6, 6.07) is 8.97. The van der Waals surface area contributed by atoms with Crippen molar-refractivity contribution in [1.82, 2.24) is 4.98 Å². The quantitative estimate of drug-likeness (QED) is 0.592. The second-order valence-corrected chi connectivity index (χ2v) is 4.64. The number of thioether (sulfide) groups is 1. The van der Waals surface area contributed by atoms with Gasteiger partial charge in [0.1, 0.15) is 5.75 Å². The minimum atomic E-state index is -0.365. The predicted molar refractivity (Wildman–Crippen MR) is 60.4 cm³/mol. The Kier molecular flexibility index (Phi) is 3.37. The molecule has 76 valence electrons. The molecule has 0 aliphatic heterocycles. The highest BCUT2D eigenvalue weighted by atomic mass is 32.2. The lowest BCUT2D eigenvalue weighted by Crippen LogP contribution is -1.99. The van der Waals surface area contributed by atoms with Crippen LogP contribution in [0.4, 0.5) is 4.79 Å². The fourth-order valence-electron chi connectivity index (χ4n) is 0.938. The molecule has 0 atom stereocenters. The van der Waals surface area contributed by atoms with Crippen molar-refractivity contribution >= 4 is 28.4 Å². The maximum absolute atomic E-state index is 11.4. The summed E-state index contributed by atoms with van der Waals surface area (Å²) in [6.07, 6.45) is 1.66. The summed E-state index contributed by atoms with van der Waals surface area (Å²) >= 11 is 2.40. The summed E-state index contributed by atoms with van der Waals surface area (Å²) in [4.78, 5) is 15.4. The van der Waals surface area contributed by atoms with E-state index in [0.717, 1.165) is 11.8 Å². The molecule has 15 heavy (non-hydrogen) atoms. The number of hydrogen-bond donors (Lipinski definition) is 0. The first kappa shape index (κ1) is 10.2. The molecule has 5 heteroatoms. The smallest absolute Gasteiger partial charge is 0.379 e. The van der Waals surface area contributed by atoms with E-state index in [2.05, 4.69) is 4.98 Å². The van der Waals surface area contributed by atoms with Gasteiger partial charge in [0, 0.05) is 23.3 Å². The molecule has 0 fully saturated rings. The van der Waals surface area contributed by atoms with Gasteiger partial charge in [-0.15, -0.1) is 11.3 Å². The topological polar surface area (TPSA) is 39.2 Å². The Balaban J connectivity index is 1.94. The zero-order valence-electron chi connectivity index (χ0n) is 7.62. The Labute approximate surface area is 95.1 Å². The van der Waals surface area contributed by atoms with E-state index in [1.165, 1.54) is 11.3 Å². The minimum absolute atomic E-state index is 0.365. The second-order valence-electron chi connectivity index (χ2n) is 2.57. The second kappa shape index (κ2) is 4.95. The van der Waals surface area contributed by atoms with Gasteiger partial charge in [-0.25, -0.2) is 9.78 Å². The van der Waals surface area contributed by atoms with Crippen LogP contribution in [-0.2, 0) is 0 Å². The third-order valence-electron chi connectivity index (χ3n) is 1.52. The van der Waals surface area contributed by atoms with Crippen LogP contribution in [0.3, 0.4) is 0 Å². The number of para-hydroxylation sites is 1. The first-order chi connectivity index (χ1) is 7.34. The molecule has 2 rings (SSSR count). The van der Waals surface area contributed by atoms with Crippen LogP contribution in [0.1, 0.15) is 0 Å². The van der Waals surface area contributed by atoms with Gasteiger partial charge >= 0.3 is 5.30 Å². The Bertz CT molecular complexity index is 428. The lowest BCUT2D eigenvalue weighted by atomic mass is 10.3. The van der Waals surface area contributed by atoms with Crippen molar-refractivity contribution in [2.24, 2.45) is 0 Å². The number of nitrogens with zero attached hydrogens (tertiary/aromatic N) is 1. The van der Waals surface area contributed by atoms with Gasteiger partial charge in [0.15, 0.2) is 4.34 Å². The lowest BCUT2D eigenvalue weighted by Gasteiger charge is -2.00. The highest BCUT2D eigenvalue weighted by molar-refractivity contribution is 8.14. The number of ether oxygens (including phenoxy) is 1. The van der Waals surface area contributed by atoms with Crippen LogP contribution in [0.15, 0.2) is 46.2 Å². The van der Waals surface area contributed by atoms with E-state index in [4.69, 9.17) is 4.74 Å². The Hall–Kier alpha value is -1.33. The van der Waals surface area contributed by atoms with Crippen molar-refractivity contribution in [3.05, 3.63) is 41.9 Å². The summed E-state index contributed by atoms with van der Waals surface area (Å²) in [7, 11) is 0. The molecule has 0 aliphatic carbocycles. The van der Waals surface area contributed by atoms with Crippen LogP contribution in [0, 0.1) is 0 Å². The molecule has 0 N–H and O–H groups in total. The van der Waals surface area contributed by atoms with Crippen molar-refractivity contribution < 1.29 is 9.53 Å². The molecule has 0 bridgehead atoms. The average Bonchev–Trinajstić information content (AvgIpc) is 2.71.